The molecule has 168 valence electrons. The molecule has 1 saturated heterocycles. The minimum Gasteiger partial charge on any atom is -0.480 e. The Bertz CT molecular complexity index is 519. The van der Waals surface area contributed by atoms with Crippen molar-refractivity contribution in [1.29, 1.82) is 0 Å². The molecule has 1 aliphatic rings. The first kappa shape index (κ1) is 25.5. The third-order valence-electron chi connectivity index (χ3n) is 5.97. The Labute approximate surface area is 174 Å². The fourth-order valence-electron chi connectivity index (χ4n) is 3.65. The van der Waals surface area contributed by atoms with Gasteiger partial charge >= 0.3 is 11.9 Å². The molecule has 1 aliphatic heterocycles. The zero-order valence-corrected chi connectivity index (χ0v) is 18.1. The number of carboxylic acid groups (broad SMARTS) is 2. The van der Waals surface area contributed by atoms with Gasteiger partial charge in [-0.25, -0.2) is 0 Å². The van der Waals surface area contributed by atoms with E-state index in [1.54, 1.807) is 0 Å². The van der Waals surface area contributed by atoms with Gasteiger partial charge in [0, 0.05) is 58.4 Å². The lowest BCUT2D eigenvalue weighted by molar-refractivity contribution is -0.140. The second-order valence-electron chi connectivity index (χ2n) is 7.97. The van der Waals surface area contributed by atoms with E-state index in [2.05, 4.69) is 30.6 Å². The van der Waals surface area contributed by atoms with Gasteiger partial charge in [-0.1, -0.05) is 20.3 Å². The van der Waals surface area contributed by atoms with Gasteiger partial charge in [-0.3, -0.25) is 29.2 Å². The minimum atomic E-state index is -0.905. The first-order chi connectivity index (χ1) is 13.8. The van der Waals surface area contributed by atoms with Crippen molar-refractivity contribution in [2.75, 3.05) is 72.0 Å². The van der Waals surface area contributed by atoms with Crippen LogP contribution < -0.4 is 0 Å². The summed E-state index contributed by atoms with van der Waals surface area (Å²) in [6, 6.07) is 0.358. The van der Waals surface area contributed by atoms with Gasteiger partial charge in [-0.05, 0) is 12.8 Å². The zero-order valence-electron chi connectivity index (χ0n) is 18.1. The summed E-state index contributed by atoms with van der Waals surface area (Å²) < 4.78 is 0. The lowest BCUT2D eigenvalue weighted by Crippen LogP contribution is -2.50. The van der Waals surface area contributed by atoms with Gasteiger partial charge < -0.3 is 15.0 Å². The molecule has 0 saturated carbocycles. The van der Waals surface area contributed by atoms with E-state index >= 15 is 0 Å². The molecule has 0 bridgehead atoms. The van der Waals surface area contributed by atoms with Crippen LogP contribution in [0, 0.1) is 5.92 Å². The Morgan fingerprint density at radius 1 is 0.828 bits per heavy atom. The third kappa shape index (κ3) is 10.2. The highest BCUT2D eigenvalue weighted by Gasteiger charge is 2.23. The Kier molecular flexibility index (Phi) is 12.0. The van der Waals surface area contributed by atoms with Crippen molar-refractivity contribution in [3.8, 4) is 0 Å². The van der Waals surface area contributed by atoms with Crippen LogP contribution in [0.3, 0.4) is 0 Å². The van der Waals surface area contributed by atoms with E-state index in [9.17, 15) is 24.6 Å². The number of carbonyl (C=O) groups excluding carboxylic acids is 1. The number of hydrogen-bond acceptors (Lipinski definition) is 7. The van der Waals surface area contributed by atoms with Crippen molar-refractivity contribution in [1.82, 2.24) is 19.6 Å². The molecule has 29 heavy (non-hydrogen) atoms. The molecule has 2 atom stereocenters. The number of hydrogen-bond donors (Lipinski definition) is 2. The van der Waals surface area contributed by atoms with Gasteiger partial charge in [0.15, 0.2) is 0 Å². The highest BCUT2D eigenvalue weighted by atomic mass is 16.4. The van der Waals surface area contributed by atoms with Crippen LogP contribution in [0.1, 0.15) is 27.2 Å². The topological polar surface area (TPSA) is 105 Å². The van der Waals surface area contributed by atoms with Crippen molar-refractivity contribution in [3.63, 3.8) is 0 Å². The van der Waals surface area contributed by atoms with E-state index in [-0.39, 0.29) is 13.1 Å². The van der Waals surface area contributed by atoms with Crippen LogP contribution in [0.25, 0.3) is 0 Å². The summed E-state index contributed by atoms with van der Waals surface area (Å²) in [4.78, 5) is 41.7. The number of carboxylic acids is 2. The van der Waals surface area contributed by atoms with E-state index in [0.29, 0.717) is 51.2 Å². The van der Waals surface area contributed by atoms with Crippen LogP contribution in [0.15, 0.2) is 0 Å². The molecule has 9 nitrogen and oxygen atoms in total. The smallest absolute Gasteiger partial charge is 0.317 e. The van der Waals surface area contributed by atoms with Crippen LogP contribution in [0.4, 0.5) is 0 Å². The molecular weight excluding hydrogens is 376 g/mol. The largest absolute Gasteiger partial charge is 0.480 e. The Hall–Kier alpha value is -1.55. The molecule has 1 rings (SSSR count). The number of rotatable bonds is 9. The first-order valence-electron chi connectivity index (χ1n) is 10.5. The Morgan fingerprint density at radius 3 is 1.66 bits per heavy atom. The summed E-state index contributed by atoms with van der Waals surface area (Å²) >= 11 is 0. The molecule has 2 unspecified atom stereocenters. The maximum Gasteiger partial charge on any atom is 0.317 e. The molecular formula is C20H38N4O5. The maximum absolute atomic E-state index is 11.3. The van der Waals surface area contributed by atoms with Gasteiger partial charge in [0.1, 0.15) is 6.29 Å². The van der Waals surface area contributed by atoms with E-state index in [4.69, 9.17) is 0 Å². The molecule has 0 aliphatic carbocycles. The normalized spacial score (nSPS) is 21.6. The van der Waals surface area contributed by atoms with Gasteiger partial charge in [-0.2, -0.15) is 0 Å². The zero-order chi connectivity index (χ0) is 21.8. The fourth-order valence-corrected chi connectivity index (χ4v) is 3.65. The summed E-state index contributed by atoms with van der Waals surface area (Å²) in [5.41, 5.74) is 0. The lowest BCUT2D eigenvalue weighted by Gasteiger charge is -2.37. The van der Waals surface area contributed by atoms with Crippen LogP contribution in [0.2, 0.25) is 0 Å². The molecule has 0 aromatic carbocycles. The van der Waals surface area contributed by atoms with Gasteiger partial charge in [0.2, 0.25) is 0 Å². The Balaban J connectivity index is 2.95. The predicted molar refractivity (Wildman–Crippen MR) is 111 cm³/mol. The molecule has 0 aromatic heterocycles. The second-order valence-corrected chi connectivity index (χ2v) is 7.97. The van der Waals surface area contributed by atoms with Gasteiger partial charge in [-0.15, -0.1) is 0 Å². The van der Waals surface area contributed by atoms with E-state index in [1.165, 1.54) is 0 Å². The average molecular weight is 415 g/mol. The number of carbonyl (C=O) groups is 3. The average Bonchev–Trinajstić information content (AvgIpc) is 2.66. The summed E-state index contributed by atoms with van der Waals surface area (Å²) in [5, 5.41) is 18.4. The van der Waals surface area contributed by atoms with Crippen molar-refractivity contribution in [2.24, 2.45) is 5.92 Å². The highest BCUT2D eigenvalue weighted by molar-refractivity contribution is 5.69. The molecule has 0 spiro atoms. The minimum absolute atomic E-state index is 0.0519. The van der Waals surface area contributed by atoms with Crippen LogP contribution in [0.5, 0.6) is 0 Å². The van der Waals surface area contributed by atoms with Crippen molar-refractivity contribution >= 4 is 18.2 Å². The molecule has 0 aromatic rings. The molecule has 2 N–H and O–H groups in total. The number of nitrogens with zero attached hydrogens (tertiary/aromatic N) is 4. The van der Waals surface area contributed by atoms with E-state index < -0.39 is 11.9 Å². The Morgan fingerprint density at radius 2 is 1.24 bits per heavy atom. The predicted octanol–water partition coefficient (Wildman–Crippen LogP) is 0.0107. The summed E-state index contributed by atoms with van der Waals surface area (Å²) in [5.74, 6) is -1.26. The molecule has 0 radical (unpaired) electrons. The van der Waals surface area contributed by atoms with Crippen LogP contribution in [-0.2, 0) is 14.4 Å². The van der Waals surface area contributed by atoms with Crippen LogP contribution in [-0.4, -0.2) is 126 Å². The second kappa shape index (κ2) is 13.6. The van der Waals surface area contributed by atoms with E-state index in [1.807, 2.05) is 9.80 Å². The SMILES string of the molecule is CCC(C)C(C)N1CCN(CC=O)CCN(CC(=O)O)CCN(CC(=O)O)CC1. The summed E-state index contributed by atoms with van der Waals surface area (Å²) in [7, 11) is 0. The van der Waals surface area contributed by atoms with E-state index in [0.717, 1.165) is 32.3 Å². The third-order valence-corrected chi connectivity index (χ3v) is 5.97. The highest BCUT2D eigenvalue weighted by Crippen LogP contribution is 2.14. The molecule has 9 heteroatoms. The molecule has 0 amide bonds. The van der Waals surface area contributed by atoms with Crippen LogP contribution >= 0.6 is 0 Å². The number of aldehydes is 1. The van der Waals surface area contributed by atoms with Crippen molar-refractivity contribution < 1.29 is 24.6 Å². The first-order valence-corrected chi connectivity index (χ1v) is 10.5. The quantitative estimate of drug-likeness (QED) is 0.505. The summed E-state index contributed by atoms with van der Waals surface area (Å²) in [6.45, 7) is 11.8. The summed E-state index contributed by atoms with van der Waals surface area (Å²) in [6.07, 6.45) is 1.96. The standard InChI is InChI=1S/C20H38N4O5/c1-4-17(2)18(3)24-11-9-21(13-14-25)5-6-22(15-19(26)27)7-8-23(10-12-24)16-20(28)29/h14,17-18H,4-13,15-16H2,1-3H3,(H,26,27)(H,28,29). The van der Waals surface area contributed by atoms with Gasteiger partial charge in [0.25, 0.3) is 0 Å². The monoisotopic (exact) mass is 414 g/mol. The lowest BCUT2D eigenvalue weighted by atomic mass is 9.99. The molecule has 1 heterocycles. The number of aliphatic carboxylic acids is 2. The van der Waals surface area contributed by atoms with Gasteiger partial charge in [0.05, 0.1) is 19.6 Å². The molecule has 1 fully saturated rings. The maximum atomic E-state index is 11.3. The van der Waals surface area contributed by atoms with Crippen molar-refractivity contribution in [2.45, 2.75) is 33.2 Å². The van der Waals surface area contributed by atoms with Crippen molar-refractivity contribution in [3.05, 3.63) is 0 Å². The fraction of sp³-hybridized carbons (Fsp3) is 0.850.